The standard InChI is InChI=1S/C8H10N2O2/c1-12-8-3-6(5-11)2-7(4-8)10-9/h2-5,10H,9H2,1H3. The Labute approximate surface area is 70.3 Å². The van der Waals surface area contributed by atoms with Crippen LogP contribution in [0.4, 0.5) is 5.69 Å². The number of ether oxygens (including phenoxy) is 1. The van der Waals surface area contributed by atoms with Crippen LogP contribution in [-0.2, 0) is 0 Å². The Morgan fingerprint density at radius 2 is 2.25 bits per heavy atom. The van der Waals surface area contributed by atoms with E-state index in [2.05, 4.69) is 5.43 Å². The van der Waals surface area contributed by atoms with Crippen molar-refractivity contribution < 1.29 is 9.53 Å². The van der Waals surface area contributed by atoms with Crippen LogP contribution in [0, 0.1) is 0 Å². The van der Waals surface area contributed by atoms with E-state index < -0.39 is 0 Å². The molecule has 0 atom stereocenters. The summed E-state index contributed by atoms with van der Waals surface area (Å²) in [5.41, 5.74) is 3.62. The van der Waals surface area contributed by atoms with Gasteiger partial charge in [0.2, 0.25) is 0 Å². The number of anilines is 1. The summed E-state index contributed by atoms with van der Waals surface area (Å²) in [6.45, 7) is 0. The monoisotopic (exact) mass is 166 g/mol. The highest BCUT2D eigenvalue weighted by Crippen LogP contribution is 2.18. The average molecular weight is 166 g/mol. The molecule has 12 heavy (non-hydrogen) atoms. The minimum Gasteiger partial charge on any atom is -0.497 e. The molecule has 0 aliphatic carbocycles. The number of nitrogens with one attached hydrogen (secondary N) is 1. The topological polar surface area (TPSA) is 64.3 Å². The van der Waals surface area contributed by atoms with Crippen molar-refractivity contribution in [2.75, 3.05) is 12.5 Å². The van der Waals surface area contributed by atoms with Gasteiger partial charge in [0.1, 0.15) is 12.0 Å². The number of rotatable bonds is 3. The fourth-order valence-corrected chi connectivity index (χ4v) is 0.891. The number of hydrogen-bond acceptors (Lipinski definition) is 4. The SMILES string of the molecule is COc1cc(C=O)cc(NN)c1. The van der Waals surface area contributed by atoms with Crippen LogP contribution in [0.3, 0.4) is 0 Å². The summed E-state index contributed by atoms with van der Waals surface area (Å²) in [6.07, 6.45) is 0.739. The summed E-state index contributed by atoms with van der Waals surface area (Å²) in [5.74, 6) is 5.78. The van der Waals surface area contributed by atoms with E-state index in [0.29, 0.717) is 17.0 Å². The zero-order chi connectivity index (χ0) is 8.97. The number of hydrogen-bond donors (Lipinski definition) is 2. The van der Waals surface area contributed by atoms with Gasteiger partial charge in [-0.3, -0.25) is 10.6 Å². The van der Waals surface area contributed by atoms with Crippen molar-refractivity contribution in [3.05, 3.63) is 23.8 Å². The first-order valence-electron chi connectivity index (χ1n) is 3.41. The molecule has 0 aliphatic heterocycles. The number of aldehydes is 1. The summed E-state index contributed by atoms with van der Waals surface area (Å²) in [4.78, 5) is 10.4. The number of hydrazine groups is 1. The first-order chi connectivity index (χ1) is 5.80. The number of carbonyl (C=O) groups is 1. The number of nitrogen functional groups attached to an aromatic ring is 1. The number of methoxy groups -OCH3 is 1. The average Bonchev–Trinajstić information content (AvgIpc) is 2.16. The third-order valence-corrected chi connectivity index (χ3v) is 1.47. The second-order valence-electron chi connectivity index (χ2n) is 2.26. The van der Waals surface area contributed by atoms with Crippen molar-refractivity contribution >= 4 is 12.0 Å². The third kappa shape index (κ3) is 1.73. The summed E-state index contributed by atoms with van der Waals surface area (Å²) in [7, 11) is 1.53. The third-order valence-electron chi connectivity index (χ3n) is 1.47. The largest absolute Gasteiger partial charge is 0.497 e. The van der Waals surface area contributed by atoms with E-state index in [9.17, 15) is 4.79 Å². The van der Waals surface area contributed by atoms with Crippen LogP contribution in [0.25, 0.3) is 0 Å². The summed E-state index contributed by atoms with van der Waals surface area (Å²) in [6, 6.07) is 4.97. The maximum Gasteiger partial charge on any atom is 0.150 e. The van der Waals surface area contributed by atoms with Crippen molar-refractivity contribution in [2.45, 2.75) is 0 Å². The minimum atomic E-state index is 0.530. The first kappa shape index (κ1) is 8.55. The molecule has 1 aromatic rings. The van der Waals surface area contributed by atoms with Gasteiger partial charge in [-0.1, -0.05) is 0 Å². The normalized spacial score (nSPS) is 9.17. The molecule has 0 saturated carbocycles. The lowest BCUT2D eigenvalue weighted by molar-refractivity contribution is 0.112. The van der Waals surface area contributed by atoms with Gasteiger partial charge >= 0.3 is 0 Å². The predicted molar refractivity (Wildman–Crippen MR) is 46.2 cm³/mol. The Morgan fingerprint density at radius 1 is 1.50 bits per heavy atom. The van der Waals surface area contributed by atoms with E-state index in [4.69, 9.17) is 10.6 Å². The van der Waals surface area contributed by atoms with Gasteiger partial charge in [0.25, 0.3) is 0 Å². The van der Waals surface area contributed by atoms with E-state index >= 15 is 0 Å². The molecule has 0 amide bonds. The number of benzene rings is 1. The molecular weight excluding hydrogens is 156 g/mol. The molecule has 0 aliphatic rings. The number of carbonyl (C=O) groups excluding carboxylic acids is 1. The molecule has 3 N–H and O–H groups in total. The number of nitrogens with two attached hydrogens (primary N) is 1. The Kier molecular flexibility index (Phi) is 2.66. The Balaban J connectivity index is 3.09. The Morgan fingerprint density at radius 3 is 2.75 bits per heavy atom. The lowest BCUT2D eigenvalue weighted by Gasteiger charge is -2.04. The van der Waals surface area contributed by atoms with Crippen molar-refractivity contribution in [3.8, 4) is 5.75 Å². The second-order valence-corrected chi connectivity index (χ2v) is 2.26. The van der Waals surface area contributed by atoms with Crippen molar-refractivity contribution in [3.63, 3.8) is 0 Å². The molecule has 4 heteroatoms. The Hall–Kier alpha value is -1.55. The molecular formula is C8H10N2O2. The summed E-state index contributed by atoms with van der Waals surface area (Å²) >= 11 is 0. The van der Waals surface area contributed by atoms with Gasteiger partial charge in [-0.25, -0.2) is 0 Å². The van der Waals surface area contributed by atoms with Crippen LogP contribution in [0.5, 0.6) is 5.75 Å². The van der Waals surface area contributed by atoms with E-state index in [1.807, 2.05) is 0 Å². The lowest BCUT2D eigenvalue weighted by atomic mass is 10.2. The predicted octanol–water partition coefficient (Wildman–Crippen LogP) is 0.793. The zero-order valence-electron chi connectivity index (χ0n) is 6.70. The van der Waals surface area contributed by atoms with Gasteiger partial charge in [0.05, 0.1) is 12.8 Å². The van der Waals surface area contributed by atoms with E-state index in [1.54, 1.807) is 18.2 Å². The van der Waals surface area contributed by atoms with Gasteiger partial charge in [0.15, 0.2) is 0 Å². The first-order valence-corrected chi connectivity index (χ1v) is 3.41. The highest BCUT2D eigenvalue weighted by atomic mass is 16.5. The highest BCUT2D eigenvalue weighted by molar-refractivity contribution is 5.78. The highest BCUT2D eigenvalue weighted by Gasteiger charge is 1.98. The fourth-order valence-electron chi connectivity index (χ4n) is 0.891. The maximum atomic E-state index is 10.4. The minimum absolute atomic E-state index is 0.530. The van der Waals surface area contributed by atoms with Crippen LogP contribution in [0.15, 0.2) is 18.2 Å². The fraction of sp³-hybridized carbons (Fsp3) is 0.125. The van der Waals surface area contributed by atoms with Gasteiger partial charge in [-0.05, 0) is 12.1 Å². The summed E-state index contributed by atoms with van der Waals surface area (Å²) in [5, 5.41) is 0. The molecule has 0 bridgehead atoms. The Bertz CT molecular complexity index is 264. The second kappa shape index (κ2) is 3.73. The molecule has 0 fully saturated rings. The molecule has 0 saturated heterocycles. The molecule has 1 rings (SSSR count). The summed E-state index contributed by atoms with van der Waals surface area (Å²) < 4.78 is 4.94. The lowest BCUT2D eigenvalue weighted by Crippen LogP contribution is -2.07. The van der Waals surface area contributed by atoms with Crippen LogP contribution in [0.1, 0.15) is 10.4 Å². The molecule has 0 heterocycles. The molecule has 1 aromatic carbocycles. The van der Waals surface area contributed by atoms with Crippen LogP contribution in [0.2, 0.25) is 0 Å². The van der Waals surface area contributed by atoms with Gasteiger partial charge in [0, 0.05) is 11.6 Å². The van der Waals surface area contributed by atoms with Crippen LogP contribution in [-0.4, -0.2) is 13.4 Å². The van der Waals surface area contributed by atoms with Crippen LogP contribution >= 0.6 is 0 Å². The van der Waals surface area contributed by atoms with Gasteiger partial charge in [-0.2, -0.15) is 0 Å². The molecule has 0 unspecified atom stereocenters. The molecule has 0 aromatic heterocycles. The maximum absolute atomic E-state index is 10.4. The molecule has 4 nitrogen and oxygen atoms in total. The van der Waals surface area contributed by atoms with Crippen molar-refractivity contribution in [1.29, 1.82) is 0 Å². The van der Waals surface area contributed by atoms with Crippen molar-refractivity contribution in [1.82, 2.24) is 0 Å². The molecule has 0 spiro atoms. The van der Waals surface area contributed by atoms with Crippen LogP contribution < -0.4 is 16.0 Å². The molecule has 64 valence electrons. The van der Waals surface area contributed by atoms with E-state index in [1.165, 1.54) is 7.11 Å². The van der Waals surface area contributed by atoms with E-state index in [-0.39, 0.29) is 0 Å². The molecule has 0 radical (unpaired) electrons. The van der Waals surface area contributed by atoms with Gasteiger partial charge < -0.3 is 10.2 Å². The zero-order valence-corrected chi connectivity index (χ0v) is 6.70. The van der Waals surface area contributed by atoms with E-state index in [0.717, 1.165) is 6.29 Å². The smallest absolute Gasteiger partial charge is 0.150 e. The quantitative estimate of drug-likeness (QED) is 0.396. The van der Waals surface area contributed by atoms with Crippen molar-refractivity contribution in [2.24, 2.45) is 5.84 Å². The van der Waals surface area contributed by atoms with Gasteiger partial charge in [-0.15, -0.1) is 0 Å².